The minimum Gasteiger partial charge on any atom is -0.544 e. The summed E-state index contributed by atoms with van der Waals surface area (Å²) in [5.41, 5.74) is 2.50. The van der Waals surface area contributed by atoms with Gasteiger partial charge in [-0.15, -0.1) is 0 Å². The van der Waals surface area contributed by atoms with Crippen molar-refractivity contribution in [3.05, 3.63) is 54.1 Å². The third kappa shape index (κ3) is 6.24. The van der Waals surface area contributed by atoms with E-state index in [-0.39, 0.29) is 0 Å². The molecule has 0 saturated heterocycles. The van der Waals surface area contributed by atoms with Crippen LogP contribution in [-0.2, 0) is 0 Å². The van der Waals surface area contributed by atoms with Gasteiger partial charge >= 0.3 is 0 Å². The largest absolute Gasteiger partial charge is 0.544 e. The van der Waals surface area contributed by atoms with Crippen molar-refractivity contribution < 1.29 is 9.16 Å². The van der Waals surface area contributed by atoms with Crippen molar-refractivity contribution in [1.82, 2.24) is 0 Å². The maximum Gasteiger partial charge on any atom is 0.242 e. The van der Waals surface area contributed by atoms with E-state index in [1.807, 2.05) is 36.4 Å². The first-order valence-electron chi connectivity index (χ1n) is 8.17. The van der Waals surface area contributed by atoms with Gasteiger partial charge in [-0.1, -0.05) is 37.3 Å². The molecule has 0 heterocycles. The van der Waals surface area contributed by atoms with Crippen LogP contribution in [0, 0.1) is 6.92 Å². The predicted octanol–water partition coefficient (Wildman–Crippen LogP) is 6.25. The van der Waals surface area contributed by atoms with Gasteiger partial charge < -0.3 is 9.16 Å². The van der Waals surface area contributed by atoms with Crippen LogP contribution in [-0.4, -0.2) is 16.4 Å². The molecule has 23 heavy (non-hydrogen) atoms. The molecule has 2 nitrogen and oxygen atoms in total. The summed E-state index contributed by atoms with van der Waals surface area (Å²) in [5, 5.41) is 0. The lowest BCUT2D eigenvalue weighted by Crippen LogP contribution is -2.42. The lowest BCUT2D eigenvalue weighted by Gasteiger charge is -2.30. The summed E-state index contributed by atoms with van der Waals surface area (Å²) in [6, 6.07) is 16.1. The van der Waals surface area contributed by atoms with Crippen molar-refractivity contribution in [2.24, 2.45) is 0 Å². The van der Waals surface area contributed by atoms with Crippen LogP contribution < -0.4 is 9.16 Å². The van der Waals surface area contributed by atoms with Crippen LogP contribution in [0.5, 0.6) is 17.2 Å². The second kappa shape index (κ2) is 6.93. The summed E-state index contributed by atoms with van der Waals surface area (Å²) < 4.78 is 12.2. The normalized spacial score (nSPS) is 12.1. The van der Waals surface area contributed by atoms with Crippen molar-refractivity contribution in [1.29, 1.82) is 0 Å². The van der Waals surface area contributed by atoms with Gasteiger partial charge in [0.05, 0.1) is 0 Å². The highest BCUT2D eigenvalue weighted by Crippen LogP contribution is 2.27. The molecule has 0 aromatic heterocycles. The Labute approximate surface area is 142 Å². The van der Waals surface area contributed by atoms with Crippen LogP contribution in [0.1, 0.15) is 5.56 Å². The Hall–Kier alpha value is -1.53. The molecular weight excluding hydrogens is 316 g/mol. The van der Waals surface area contributed by atoms with Crippen molar-refractivity contribution in [2.75, 3.05) is 0 Å². The first-order valence-corrected chi connectivity index (χ1v) is 15.0. The average molecular weight is 345 g/mol. The van der Waals surface area contributed by atoms with E-state index in [1.54, 1.807) is 0 Å². The Kier molecular flexibility index (Phi) is 5.37. The number of hydrogen-bond acceptors (Lipinski definition) is 2. The molecule has 0 aliphatic carbocycles. The molecule has 0 N–H and O–H groups in total. The Morgan fingerprint density at radius 3 is 1.61 bits per heavy atom. The van der Waals surface area contributed by atoms with E-state index in [0.717, 1.165) is 17.2 Å². The first-order chi connectivity index (χ1) is 10.6. The molecule has 0 fully saturated rings. The van der Waals surface area contributed by atoms with Gasteiger partial charge in [0, 0.05) is 8.07 Å². The molecule has 2 aromatic rings. The topological polar surface area (TPSA) is 18.5 Å². The van der Waals surface area contributed by atoms with Gasteiger partial charge in [0.15, 0.2) is 0 Å². The lowest BCUT2D eigenvalue weighted by molar-refractivity contribution is 0.480. The highest BCUT2D eigenvalue weighted by molar-refractivity contribution is 6.92. The quantitative estimate of drug-likeness (QED) is 0.577. The summed E-state index contributed by atoms with van der Waals surface area (Å²) in [6.45, 7) is 13.9. The van der Waals surface area contributed by atoms with E-state index in [0.29, 0.717) is 0 Å². The predicted molar refractivity (Wildman–Crippen MR) is 104 cm³/mol. The standard InChI is InChI=1S/C19H28O2Si2/c1-16-7-9-17(10-8-16)20-18-11-13-19(14-12-18)21-23(5,6)15-22(2,3)4/h7-14H,15H2,1-6H3. The molecule has 0 spiro atoms. The van der Waals surface area contributed by atoms with E-state index >= 15 is 0 Å². The Bertz CT molecular complexity index is 626. The number of hydrogen-bond donors (Lipinski definition) is 0. The minimum atomic E-state index is -1.66. The van der Waals surface area contributed by atoms with Crippen LogP contribution in [0.4, 0.5) is 0 Å². The van der Waals surface area contributed by atoms with Crippen LogP contribution in [0.2, 0.25) is 38.4 Å². The Balaban J connectivity index is 2.00. The zero-order chi connectivity index (χ0) is 17.1. The fourth-order valence-electron chi connectivity index (χ4n) is 2.95. The molecule has 0 atom stereocenters. The molecule has 124 valence electrons. The summed E-state index contributed by atoms with van der Waals surface area (Å²) in [6.07, 6.45) is 0. The van der Waals surface area contributed by atoms with Gasteiger partial charge in [-0.2, -0.15) is 0 Å². The van der Waals surface area contributed by atoms with Gasteiger partial charge in [0.25, 0.3) is 0 Å². The fourth-order valence-corrected chi connectivity index (χ4v) is 14.2. The van der Waals surface area contributed by atoms with Crippen molar-refractivity contribution in [2.45, 2.75) is 45.3 Å². The maximum atomic E-state index is 6.32. The van der Waals surface area contributed by atoms with Gasteiger partial charge in [-0.3, -0.25) is 0 Å². The van der Waals surface area contributed by atoms with Crippen molar-refractivity contribution in [3.8, 4) is 17.2 Å². The first kappa shape index (κ1) is 17.8. The third-order valence-corrected chi connectivity index (χ3v) is 11.9. The van der Waals surface area contributed by atoms with E-state index in [2.05, 4.69) is 51.8 Å². The maximum absolute atomic E-state index is 6.32. The monoisotopic (exact) mass is 344 g/mol. The fraction of sp³-hybridized carbons (Fsp3) is 0.368. The number of benzene rings is 2. The molecule has 0 bridgehead atoms. The molecule has 0 unspecified atom stereocenters. The van der Waals surface area contributed by atoms with Gasteiger partial charge in [-0.05, 0) is 62.1 Å². The zero-order valence-corrected chi connectivity index (χ0v) is 17.1. The second-order valence-corrected chi connectivity index (χ2v) is 18.2. The SMILES string of the molecule is Cc1ccc(Oc2ccc(O[Si](C)(C)C[Si](C)(C)C)cc2)cc1. The molecular formula is C19H28O2Si2. The minimum absolute atomic E-state index is 0.839. The molecule has 4 heteroatoms. The second-order valence-electron chi connectivity index (χ2n) is 7.99. The summed E-state index contributed by atoms with van der Waals surface area (Å²) in [4.78, 5) is 0. The van der Waals surface area contributed by atoms with Crippen molar-refractivity contribution >= 4 is 16.4 Å². The van der Waals surface area contributed by atoms with Gasteiger partial charge in [0.1, 0.15) is 17.2 Å². The Morgan fingerprint density at radius 2 is 1.13 bits per heavy atom. The summed E-state index contributed by atoms with van der Waals surface area (Å²) in [7, 11) is -2.76. The van der Waals surface area contributed by atoms with E-state index in [9.17, 15) is 0 Å². The Morgan fingerprint density at radius 1 is 0.696 bits per heavy atom. The summed E-state index contributed by atoms with van der Waals surface area (Å²) >= 11 is 0. The van der Waals surface area contributed by atoms with Crippen LogP contribution >= 0.6 is 0 Å². The highest BCUT2D eigenvalue weighted by atomic mass is 28.4. The highest BCUT2D eigenvalue weighted by Gasteiger charge is 2.31. The lowest BCUT2D eigenvalue weighted by atomic mass is 10.2. The van der Waals surface area contributed by atoms with E-state index in [1.165, 1.54) is 11.2 Å². The van der Waals surface area contributed by atoms with Crippen molar-refractivity contribution in [3.63, 3.8) is 0 Å². The van der Waals surface area contributed by atoms with E-state index in [4.69, 9.17) is 9.16 Å². The van der Waals surface area contributed by atoms with Gasteiger partial charge in [0.2, 0.25) is 8.32 Å². The molecule has 2 rings (SSSR count). The number of rotatable bonds is 6. The summed E-state index contributed by atoms with van der Waals surface area (Å²) in [5.74, 6) is 2.65. The number of aryl methyl sites for hydroxylation is 1. The smallest absolute Gasteiger partial charge is 0.242 e. The molecule has 0 aliphatic heterocycles. The molecule has 0 radical (unpaired) electrons. The van der Waals surface area contributed by atoms with Crippen LogP contribution in [0.15, 0.2) is 48.5 Å². The molecule has 0 amide bonds. The van der Waals surface area contributed by atoms with Gasteiger partial charge in [-0.25, -0.2) is 0 Å². The average Bonchev–Trinajstić information content (AvgIpc) is 2.40. The molecule has 2 aromatic carbocycles. The van der Waals surface area contributed by atoms with Crippen LogP contribution in [0.25, 0.3) is 0 Å². The van der Waals surface area contributed by atoms with E-state index < -0.39 is 16.4 Å². The number of ether oxygens (including phenoxy) is 1. The molecule has 0 aliphatic rings. The third-order valence-electron chi connectivity index (χ3n) is 3.43. The zero-order valence-electron chi connectivity index (χ0n) is 15.1. The van der Waals surface area contributed by atoms with Crippen LogP contribution in [0.3, 0.4) is 0 Å². The molecule has 0 saturated carbocycles.